The molecule has 0 saturated carbocycles. The number of hydrogen-bond acceptors (Lipinski definition) is 6. The number of esters is 1. The summed E-state index contributed by atoms with van der Waals surface area (Å²) in [7, 11) is 1.44. The molecule has 1 fully saturated rings. The lowest BCUT2D eigenvalue weighted by Gasteiger charge is -2.13. The Hall–Kier alpha value is -3.13. The quantitative estimate of drug-likeness (QED) is 0.564. The van der Waals surface area contributed by atoms with Crippen molar-refractivity contribution in [3.63, 3.8) is 0 Å². The van der Waals surface area contributed by atoms with Crippen LogP contribution in [0.2, 0.25) is 0 Å². The highest BCUT2D eigenvalue weighted by Gasteiger charge is 2.37. The highest BCUT2D eigenvalue weighted by Crippen LogP contribution is 2.33. The van der Waals surface area contributed by atoms with Gasteiger partial charge in [0.2, 0.25) is 11.8 Å². The fourth-order valence-electron chi connectivity index (χ4n) is 2.99. The Morgan fingerprint density at radius 1 is 1.13 bits per heavy atom. The number of ether oxygens (including phenoxy) is 1. The number of hydrogen-bond donors (Lipinski definition) is 1. The molecule has 0 bridgehead atoms. The third-order valence-electron chi connectivity index (χ3n) is 4.93. The van der Waals surface area contributed by atoms with Crippen LogP contribution in [0, 0.1) is 13.8 Å². The molecule has 156 valence electrons. The van der Waals surface area contributed by atoms with Crippen LogP contribution >= 0.6 is 11.8 Å². The molecule has 0 radical (unpaired) electrons. The molecular formula is C22H22N2O5S. The summed E-state index contributed by atoms with van der Waals surface area (Å²) in [6.45, 7) is 3.41. The Balaban J connectivity index is 1.63. The lowest BCUT2D eigenvalue weighted by molar-refractivity contribution is -0.136. The van der Waals surface area contributed by atoms with Gasteiger partial charge in [-0.2, -0.15) is 0 Å². The lowest BCUT2D eigenvalue weighted by Crippen LogP contribution is -2.26. The standard InChI is InChI=1S/C22H22N2O5S/c1-13-7-6-9-16(14(13)2)23-19(25)12-29-22(28)15-8-4-5-10-17(15)30-18-11-20(26)24(3)21(18)27/h4-10,18H,11-12H2,1-3H3,(H,23,25). The molecular weight excluding hydrogens is 404 g/mol. The third kappa shape index (κ3) is 4.71. The van der Waals surface area contributed by atoms with E-state index in [2.05, 4.69) is 5.32 Å². The number of thioether (sulfide) groups is 1. The first-order chi connectivity index (χ1) is 14.3. The van der Waals surface area contributed by atoms with E-state index in [1.54, 1.807) is 30.3 Å². The number of anilines is 1. The molecule has 1 atom stereocenters. The number of benzene rings is 2. The molecule has 3 amide bonds. The molecule has 3 rings (SSSR count). The smallest absolute Gasteiger partial charge is 0.339 e. The van der Waals surface area contributed by atoms with Gasteiger partial charge in [0.1, 0.15) is 0 Å². The second-order valence-corrected chi connectivity index (χ2v) is 8.21. The summed E-state index contributed by atoms with van der Waals surface area (Å²) in [5, 5.41) is 2.16. The van der Waals surface area contributed by atoms with Crippen LogP contribution in [0.25, 0.3) is 0 Å². The fraction of sp³-hybridized carbons (Fsp3) is 0.273. The molecule has 2 aromatic rings. The van der Waals surface area contributed by atoms with Gasteiger partial charge in [0, 0.05) is 24.1 Å². The molecule has 0 aromatic heterocycles. The van der Waals surface area contributed by atoms with E-state index in [1.807, 2.05) is 26.0 Å². The monoisotopic (exact) mass is 426 g/mol. The van der Waals surface area contributed by atoms with Crippen LogP contribution in [0.1, 0.15) is 27.9 Å². The third-order valence-corrected chi connectivity index (χ3v) is 6.19. The van der Waals surface area contributed by atoms with Gasteiger partial charge in [-0.15, -0.1) is 11.8 Å². The first kappa shape index (κ1) is 21.6. The number of aryl methyl sites for hydroxylation is 1. The largest absolute Gasteiger partial charge is 0.452 e. The number of nitrogens with one attached hydrogen (secondary N) is 1. The zero-order valence-corrected chi connectivity index (χ0v) is 17.7. The van der Waals surface area contributed by atoms with Crippen molar-refractivity contribution in [3.05, 3.63) is 59.2 Å². The predicted molar refractivity (Wildman–Crippen MR) is 113 cm³/mol. The molecule has 1 unspecified atom stereocenters. The van der Waals surface area contributed by atoms with Gasteiger partial charge in [-0.3, -0.25) is 19.3 Å². The first-order valence-electron chi connectivity index (χ1n) is 9.37. The number of rotatable bonds is 6. The molecule has 7 nitrogen and oxygen atoms in total. The summed E-state index contributed by atoms with van der Waals surface area (Å²) in [5.41, 5.74) is 2.90. The molecule has 0 aliphatic carbocycles. The van der Waals surface area contributed by atoms with E-state index in [4.69, 9.17) is 4.74 Å². The second kappa shape index (κ2) is 9.13. The van der Waals surface area contributed by atoms with Crippen molar-refractivity contribution in [2.45, 2.75) is 30.4 Å². The van der Waals surface area contributed by atoms with Crippen LogP contribution in [0.4, 0.5) is 5.69 Å². The maximum atomic E-state index is 12.5. The second-order valence-electron chi connectivity index (χ2n) is 6.97. The van der Waals surface area contributed by atoms with Crippen LogP contribution in [0.5, 0.6) is 0 Å². The molecule has 8 heteroatoms. The Kier molecular flexibility index (Phi) is 6.56. The molecule has 2 aromatic carbocycles. The normalized spacial score (nSPS) is 16.0. The van der Waals surface area contributed by atoms with Gasteiger partial charge in [0.05, 0.1) is 10.8 Å². The lowest BCUT2D eigenvalue weighted by atomic mass is 10.1. The zero-order valence-electron chi connectivity index (χ0n) is 16.9. The summed E-state index contributed by atoms with van der Waals surface area (Å²) in [6.07, 6.45) is 0.0850. The Bertz CT molecular complexity index is 1020. The van der Waals surface area contributed by atoms with Crippen molar-refractivity contribution < 1.29 is 23.9 Å². The average Bonchev–Trinajstić information content (AvgIpc) is 2.96. The fourth-order valence-corrected chi connectivity index (χ4v) is 4.21. The highest BCUT2D eigenvalue weighted by atomic mass is 32.2. The average molecular weight is 426 g/mol. The van der Waals surface area contributed by atoms with Crippen molar-refractivity contribution >= 4 is 41.1 Å². The summed E-state index contributed by atoms with van der Waals surface area (Å²) < 4.78 is 5.18. The summed E-state index contributed by atoms with van der Waals surface area (Å²) in [4.78, 5) is 50.3. The van der Waals surface area contributed by atoms with Crippen LogP contribution < -0.4 is 5.32 Å². The van der Waals surface area contributed by atoms with Gasteiger partial charge in [-0.1, -0.05) is 24.3 Å². The summed E-state index contributed by atoms with van der Waals surface area (Å²) in [5.74, 6) is -1.65. The van der Waals surface area contributed by atoms with Gasteiger partial charge in [-0.25, -0.2) is 4.79 Å². The number of likely N-dealkylation sites (tertiary alicyclic amines) is 1. The molecule has 1 N–H and O–H groups in total. The van der Waals surface area contributed by atoms with Gasteiger partial charge in [-0.05, 0) is 43.2 Å². The van der Waals surface area contributed by atoms with Gasteiger partial charge in [0.15, 0.2) is 6.61 Å². The van der Waals surface area contributed by atoms with E-state index in [0.29, 0.717) is 10.6 Å². The van der Waals surface area contributed by atoms with E-state index in [-0.39, 0.29) is 23.8 Å². The SMILES string of the molecule is Cc1cccc(NC(=O)COC(=O)c2ccccc2SC2CC(=O)N(C)C2=O)c1C. The van der Waals surface area contributed by atoms with Crippen molar-refractivity contribution in [3.8, 4) is 0 Å². The summed E-state index contributed by atoms with van der Waals surface area (Å²) in [6, 6.07) is 12.2. The topological polar surface area (TPSA) is 92.8 Å². The van der Waals surface area contributed by atoms with E-state index >= 15 is 0 Å². The zero-order chi connectivity index (χ0) is 21.8. The Morgan fingerprint density at radius 2 is 1.87 bits per heavy atom. The first-order valence-corrected chi connectivity index (χ1v) is 10.2. The molecule has 0 spiro atoms. The van der Waals surface area contributed by atoms with Crippen LogP contribution in [-0.2, 0) is 19.1 Å². The van der Waals surface area contributed by atoms with Gasteiger partial charge < -0.3 is 10.1 Å². The summed E-state index contributed by atoms with van der Waals surface area (Å²) >= 11 is 1.15. The van der Waals surface area contributed by atoms with E-state index in [1.165, 1.54) is 7.05 Å². The van der Waals surface area contributed by atoms with Crippen molar-refractivity contribution in [2.24, 2.45) is 0 Å². The molecule has 30 heavy (non-hydrogen) atoms. The van der Waals surface area contributed by atoms with Crippen LogP contribution in [0.3, 0.4) is 0 Å². The van der Waals surface area contributed by atoms with Gasteiger partial charge >= 0.3 is 5.97 Å². The van der Waals surface area contributed by atoms with E-state index in [0.717, 1.165) is 27.8 Å². The molecule has 1 aliphatic heterocycles. The van der Waals surface area contributed by atoms with E-state index < -0.39 is 23.7 Å². The number of amides is 3. The number of carbonyl (C=O) groups is 4. The highest BCUT2D eigenvalue weighted by molar-refractivity contribution is 8.00. The Morgan fingerprint density at radius 3 is 2.57 bits per heavy atom. The number of imide groups is 1. The Labute approximate surface area is 178 Å². The van der Waals surface area contributed by atoms with Crippen molar-refractivity contribution in [1.29, 1.82) is 0 Å². The minimum absolute atomic E-state index is 0.0850. The van der Waals surface area contributed by atoms with Crippen molar-refractivity contribution in [2.75, 3.05) is 19.0 Å². The minimum atomic E-state index is -0.667. The van der Waals surface area contributed by atoms with Crippen LogP contribution in [0.15, 0.2) is 47.4 Å². The maximum absolute atomic E-state index is 12.5. The minimum Gasteiger partial charge on any atom is -0.452 e. The molecule has 1 aliphatic rings. The van der Waals surface area contributed by atoms with Crippen molar-refractivity contribution in [1.82, 2.24) is 4.90 Å². The van der Waals surface area contributed by atoms with Gasteiger partial charge in [0.25, 0.3) is 5.91 Å². The van der Waals surface area contributed by atoms with E-state index in [9.17, 15) is 19.2 Å². The molecule has 1 saturated heterocycles. The number of nitrogens with zero attached hydrogens (tertiary/aromatic N) is 1. The molecule has 1 heterocycles. The maximum Gasteiger partial charge on any atom is 0.339 e. The predicted octanol–water partition coefficient (Wildman–Crippen LogP) is 2.95. The number of carbonyl (C=O) groups excluding carboxylic acids is 4. The van der Waals surface area contributed by atoms with Crippen LogP contribution in [-0.4, -0.2) is 47.5 Å².